The molecule has 130 valence electrons. The Bertz CT molecular complexity index is 829. The highest BCUT2D eigenvalue weighted by Crippen LogP contribution is 2.29. The number of aliphatic hydroxyl groups is 1. The zero-order valence-corrected chi connectivity index (χ0v) is 15.1. The van der Waals surface area contributed by atoms with Gasteiger partial charge in [-0.25, -0.2) is 0 Å². The van der Waals surface area contributed by atoms with E-state index in [0.717, 1.165) is 33.2 Å². The summed E-state index contributed by atoms with van der Waals surface area (Å²) >= 11 is 6.18. The lowest BCUT2D eigenvalue weighted by Gasteiger charge is -2.20. The van der Waals surface area contributed by atoms with Gasteiger partial charge in [0.15, 0.2) is 0 Å². The van der Waals surface area contributed by atoms with E-state index in [-0.39, 0.29) is 6.04 Å². The molecule has 2 N–H and O–H groups in total. The molecule has 3 nitrogen and oxygen atoms in total. The third-order valence-electron chi connectivity index (χ3n) is 4.41. The van der Waals surface area contributed by atoms with Crippen LogP contribution in [0.5, 0.6) is 0 Å². The quantitative estimate of drug-likeness (QED) is 0.645. The van der Waals surface area contributed by atoms with Gasteiger partial charge in [0.1, 0.15) is 11.5 Å². The van der Waals surface area contributed by atoms with Gasteiger partial charge in [0, 0.05) is 16.6 Å². The van der Waals surface area contributed by atoms with Crippen molar-refractivity contribution in [1.82, 2.24) is 5.32 Å². The highest BCUT2D eigenvalue weighted by Gasteiger charge is 2.16. The van der Waals surface area contributed by atoms with Gasteiger partial charge in [0.25, 0.3) is 0 Å². The van der Waals surface area contributed by atoms with Crippen molar-refractivity contribution < 1.29 is 9.52 Å². The topological polar surface area (TPSA) is 45.4 Å². The van der Waals surface area contributed by atoms with Crippen LogP contribution < -0.4 is 5.32 Å². The molecule has 25 heavy (non-hydrogen) atoms. The minimum atomic E-state index is -0.564. The second kappa shape index (κ2) is 7.87. The Balaban J connectivity index is 1.65. The summed E-state index contributed by atoms with van der Waals surface area (Å²) in [5, 5.41) is 14.5. The first-order chi connectivity index (χ1) is 12.1. The fourth-order valence-corrected chi connectivity index (χ4v) is 2.98. The van der Waals surface area contributed by atoms with Crippen molar-refractivity contribution in [2.75, 3.05) is 0 Å². The molecular weight excluding hydrogens is 334 g/mol. The third-order valence-corrected chi connectivity index (χ3v) is 4.82. The Labute approximate surface area is 153 Å². The van der Waals surface area contributed by atoms with E-state index < -0.39 is 6.10 Å². The highest BCUT2D eigenvalue weighted by atomic mass is 35.5. The number of benzene rings is 2. The van der Waals surface area contributed by atoms with Crippen LogP contribution in [-0.2, 0) is 6.54 Å². The lowest BCUT2D eigenvalue weighted by atomic mass is 10.0. The number of hydrogen-bond acceptors (Lipinski definition) is 3. The first-order valence-corrected chi connectivity index (χ1v) is 8.74. The van der Waals surface area contributed by atoms with Crippen LogP contribution in [0.3, 0.4) is 0 Å². The standard InChI is InChI=1S/C21H22ClNO2/c1-14-18(9-6-10-19(14)22)20-12-11-17(25-20)13-23-15(2)21(24)16-7-4-3-5-8-16/h3-12,15,21,23-24H,13H2,1-2H3/t15-,21+/m1/s1. The van der Waals surface area contributed by atoms with Crippen molar-refractivity contribution in [2.24, 2.45) is 0 Å². The molecule has 0 aliphatic rings. The van der Waals surface area contributed by atoms with Crippen LogP contribution in [0.25, 0.3) is 11.3 Å². The summed E-state index contributed by atoms with van der Waals surface area (Å²) in [6.45, 7) is 4.49. The van der Waals surface area contributed by atoms with Crippen molar-refractivity contribution in [3.8, 4) is 11.3 Å². The molecule has 0 fully saturated rings. The van der Waals surface area contributed by atoms with Gasteiger partial charge in [-0.2, -0.15) is 0 Å². The summed E-state index contributed by atoms with van der Waals surface area (Å²) < 4.78 is 5.94. The lowest BCUT2D eigenvalue weighted by Crippen LogP contribution is -2.31. The molecule has 1 heterocycles. The van der Waals surface area contributed by atoms with Gasteiger partial charge < -0.3 is 14.8 Å². The maximum Gasteiger partial charge on any atom is 0.134 e. The van der Waals surface area contributed by atoms with Crippen molar-refractivity contribution in [3.05, 3.63) is 82.6 Å². The van der Waals surface area contributed by atoms with Crippen LogP contribution in [0.15, 0.2) is 65.1 Å². The van der Waals surface area contributed by atoms with Crippen molar-refractivity contribution in [3.63, 3.8) is 0 Å². The molecule has 0 amide bonds. The van der Waals surface area contributed by atoms with E-state index in [1.165, 1.54) is 0 Å². The Kier molecular flexibility index (Phi) is 5.59. The van der Waals surface area contributed by atoms with E-state index >= 15 is 0 Å². The average molecular weight is 356 g/mol. The van der Waals surface area contributed by atoms with E-state index in [0.29, 0.717) is 6.54 Å². The van der Waals surface area contributed by atoms with Crippen LogP contribution in [0, 0.1) is 6.92 Å². The van der Waals surface area contributed by atoms with Gasteiger partial charge in [-0.3, -0.25) is 0 Å². The molecule has 0 aliphatic carbocycles. The van der Waals surface area contributed by atoms with Gasteiger partial charge in [0.05, 0.1) is 12.6 Å². The Morgan fingerprint density at radius 1 is 1.04 bits per heavy atom. The highest BCUT2D eigenvalue weighted by molar-refractivity contribution is 6.31. The summed E-state index contributed by atoms with van der Waals surface area (Å²) in [5.74, 6) is 1.62. The monoisotopic (exact) mass is 355 g/mol. The Morgan fingerprint density at radius 3 is 2.56 bits per heavy atom. The number of furan rings is 1. The molecule has 3 rings (SSSR count). The van der Waals surface area contributed by atoms with Crippen LogP contribution in [0.4, 0.5) is 0 Å². The second-order valence-electron chi connectivity index (χ2n) is 6.20. The van der Waals surface area contributed by atoms with E-state index in [2.05, 4.69) is 5.32 Å². The Morgan fingerprint density at radius 2 is 1.80 bits per heavy atom. The molecular formula is C21H22ClNO2. The number of halogens is 1. The molecule has 0 bridgehead atoms. The predicted molar refractivity (Wildman–Crippen MR) is 102 cm³/mol. The number of hydrogen-bond donors (Lipinski definition) is 2. The summed E-state index contributed by atoms with van der Waals surface area (Å²) in [5.41, 5.74) is 2.90. The average Bonchev–Trinajstić information content (AvgIpc) is 3.11. The molecule has 2 atom stereocenters. The summed E-state index contributed by atoms with van der Waals surface area (Å²) in [6.07, 6.45) is -0.564. The van der Waals surface area contributed by atoms with Crippen LogP contribution >= 0.6 is 11.6 Å². The first kappa shape index (κ1) is 17.7. The number of nitrogens with one attached hydrogen (secondary N) is 1. The van der Waals surface area contributed by atoms with Crippen molar-refractivity contribution >= 4 is 11.6 Å². The van der Waals surface area contributed by atoms with E-state index in [1.807, 2.05) is 74.5 Å². The zero-order valence-electron chi connectivity index (χ0n) is 14.4. The van der Waals surface area contributed by atoms with Crippen molar-refractivity contribution in [1.29, 1.82) is 0 Å². The van der Waals surface area contributed by atoms with E-state index in [9.17, 15) is 5.11 Å². The first-order valence-electron chi connectivity index (χ1n) is 8.37. The second-order valence-corrected chi connectivity index (χ2v) is 6.61. The molecule has 0 aliphatic heterocycles. The predicted octanol–water partition coefficient (Wildman–Crippen LogP) is 5.12. The fraction of sp³-hybridized carbons (Fsp3) is 0.238. The third kappa shape index (κ3) is 4.13. The SMILES string of the molecule is Cc1c(Cl)cccc1-c1ccc(CN[C@H](C)[C@H](O)c2ccccc2)o1. The molecule has 1 aromatic heterocycles. The molecule has 3 aromatic rings. The molecule has 4 heteroatoms. The van der Waals surface area contributed by atoms with Gasteiger partial charge in [-0.05, 0) is 43.2 Å². The molecule has 2 aromatic carbocycles. The number of rotatable bonds is 6. The van der Waals surface area contributed by atoms with E-state index in [4.69, 9.17) is 16.0 Å². The Hall–Kier alpha value is -2.07. The van der Waals surface area contributed by atoms with Crippen LogP contribution in [0.2, 0.25) is 5.02 Å². The van der Waals surface area contributed by atoms with Gasteiger partial charge >= 0.3 is 0 Å². The van der Waals surface area contributed by atoms with E-state index in [1.54, 1.807) is 0 Å². The molecule has 0 spiro atoms. The summed E-state index contributed by atoms with van der Waals surface area (Å²) in [4.78, 5) is 0. The molecule has 0 saturated carbocycles. The minimum Gasteiger partial charge on any atom is -0.460 e. The summed E-state index contributed by atoms with van der Waals surface area (Å²) in [7, 11) is 0. The normalized spacial score (nSPS) is 13.6. The zero-order chi connectivity index (χ0) is 17.8. The summed E-state index contributed by atoms with van der Waals surface area (Å²) in [6, 6.07) is 19.2. The molecule has 0 radical (unpaired) electrons. The van der Waals surface area contributed by atoms with Crippen LogP contribution in [-0.4, -0.2) is 11.1 Å². The largest absolute Gasteiger partial charge is 0.460 e. The van der Waals surface area contributed by atoms with Gasteiger partial charge in [0.2, 0.25) is 0 Å². The maximum absolute atomic E-state index is 10.4. The fourth-order valence-electron chi connectivity index (χ4n) is 2.80. The van der Waals surface area contributed by atoms with Gasteiger partial charge in [-0.1, -0.05) is 54.1 Å². The molecule has 0 unspecified atom stereocenters. The maximum atomic E-state index is 10.4. The lowest BCUT2D eigenvalue weighted by molar-refractivity contribution is 0.134. The van der Waals surface area contributed by atoms with Gasteiger partial charge in [-0.15, -0.1) is 0 Å². The minimum absolute atomic E-state index is 0.0937. The smallest absolute Gasteiger partial charge is 0.134 e. The van der Waals surface area contributed by atoms with Crippen molar-refractivity contribution in [2.45, 2.75) is 32.5 Å². The number of aliphatic hydroxyl groups excluding tert-OH is 1. The molecule has 0 saturated heterocycles. The van der Waals surface area contributed by atoms with Crippen LogP contribution in [0.1, 0.15) is 29.9 Å².